The third-order valence-electron chi connectivity index (χ3n) is 7.45. The SMILES string of the molecule is CCCCCCCCCCCOC(=O)CCC(=O)N(CC(CC)CCCC)CC(CC)CCCC. The third-order valence-corrected chi connectivity index (χ3v) is 7.45. The molecule has 0 heterocycles. The molecule has 0 saturated heterocycles. The van der Waals surface area contributed by atoms with Gasteiger partial charge < -0.3 is 9.64 Å². The van der Waals surface area contributed by atoms with E-state index < -0.39 is 0 Å². The number of hydrogen-bond donors (Lipinski definition) is 0. The van der Waals surface area contributed by atoms with Crippen molar-refractivity contribution in [3.8, 4) is 0 Å². The van der Waals surface area contributed by atoms with Crippen molar-refractivity contribution in [2.75, 3.05) is 19.7 Å². The summed E-state index contributed by atoms with van der Waals surface area (Å²) in [5, 5.41) is 0. The molecule has 0 radical (unpaired) electrons. The van der Waals surface area contributed by atoms with Gasteiger partial charge in [-0.25, -0.2) is 0 Å². The summed E-state index contributed by atoms with van der Waals surface area (Å²) in [6.45, 7) is 13.4. The van der Waals surface area contributed by atoms with Gasteiger partial charge in [0.25, 0.3) is 0 Å². The van der Waals surface area contributed by atoms with E-state index in [0.29, 0.717) is 18.4 Å². The first kappa shape index (κ1) is 33.9. The van der Waals surface area contributed by atoms with Gasteiger partial charge in [0.05, 0.1) is 13.0 Å². The molecule has 0 N–H and O–H groups in total. The number of carbonyl (C=O) groups excluding carboxylic acids is 2. The number of rotatable bonds is 25. The Morgan fingerprint density at radius 2 is 1.06 bits per heavy atom. The number of ether oxygens (including phenoxy) is 1. The van der Waals surface area contributed by atoms with Gasteiger partial charge in [-0.3, -0.25) is 9.59 Å². The van der Waals surface area contributed by atoms with E-state index in [9.17, 15) is 9.59 Å². The molecule has 0 aromatic carbocycles. The minimum atomic E-state index is -0.214. The van der Waals surface area contributed by atoms with E-state index in [2.05, 4.69) is 39.5 Å². The van der Waals surface area contributed by atoms with E-state index in [0.717, 1.165) is 38.8 Å². The molecule has 208 valence electrons. The molecule has 0 aliphatic rings. The quantitative estimate of drug-likeness (QED) is 0.0937. The fourth-order valence-electron chi connectivity index (χ4n) is 4.77. The first-order valence-corrected chi connectivity index (χ1v) is 15.4. The van der Waals surface area contributed by atoms with E-state index >= 15 is 0 Å². The van der Waals surface area contributed by atoms with E-state index in [4.69, 9.17) is 4.74 Å². The summed E-state index contributed by atoms with van der Waals surface area (Å²) >= 11 is 0. The van der Waals surface area contributed by atoms with Gasteiger partial charge >= 0.3 is 5.97 Å². The zero-order valence-corrected chi connectivity index (χ0v) is 24.4. The molecule has 0 aromatic heterocycles. The lowest BCUT2D eigenvalue weighted by atomic mass is 9.95. The van der Waals surface area contributed by atoms with Crippen LogP contribution in [0.4, 0.5) is 0 Å². The Morgan fingerprint density at radius 1 is 0.600 bits per heavy atom. The number of unbranched alkanes of at least 4 members (excludes halogenated alkanes) is 10. The van der Waals surface area contributed by atoms with Crippen molar-refractivity contribution < 1.29 is 14.3 Å². The maximum atomic E-state index is 13.2. The Bertz CT molecular complexity index is 476. The van der Waals surface area contributed by atoms with Crippen LogP contribution in [0.25, 0.3) is 0 Å². The van der Waals surface area contributed by atoms with Gasteiger partial charge in [-0.05, 0) is 31.1 Å². The van der Waals surface area contributed by atoms with E-state index in [1.807, 2.05) is 0 Å². The van der Waals surface area contributed by atoms with Crippen molar-refractivity contribution in [3.63, 3.8) is 0 Å². The largest absolute Gasteiger partial charge is 0.466 e. The minimum absolute atomic E-state index is 0.134. The second-order valence-corrected chi connectivity index (χ2v) is 10.7. The fourth-order valence-corrected chi connectivity index (χ4v) is 4.77. The minimum Gasteiger partial charge on any atom is -0.466 e. The summed E-state index contributed by atoms with van der Waals surface area (Å²) < 4.78 is 5.43. The topological polar surface area (TPSA) is 46.6 Å². The molecule has 1 amide bonds. The fraction of sp³-hybridized carbons (Fsp3) is 0.935. The normalized spacial score (nSPS) is 12.9. The van der Waals surface area contributed by atoms with Crippen molar-refractivity contribution in [3.05, 3.63) is 0 Å². The van der Waals surface area contributed by atoms with Crippen LogP contribution in [0.3, 0.4) is 0 Å². The first-order chi connectivity index (χ1) is 17.0. The summed E-state index contributed by atoms with van der Waals surface area (Å²) in [5.74, 6) is 1.03. The standard InChI is InChI=1S/C31H61NO3/c1-6-11-14-15-16-17-18-19-20-25-35-31(34)24-23-30(33)32(26-28(9-4)21-12-7-2)27-29(10-5)22-13-8-3/h28-29H,6-27H2,1-5H3. The van der Waals surface area contributed by atoms with Crippen LogP contribution in [0.2, 0.25) is 0 Å². The van der Waals surface area contributed by atoms with Crippen LogP contribution in [0.1, 0.15) is 157 Å². The molecule has 35 heavy (non-hydrogen) atoms. The Morgan fingerprint density at radius 3 is 1.51 bits per heavy atom. The highest BCUT2D eigenvalue weighted by atomic mass is 16.5. The lowest BCUT2D eigenvalue weighted by molar-refractivity contribution is -0.146. The van der Waals surface area contributed by atoms with E-state index in [1.54, 1.807) is 0 Å². The number of esters is 1. The second kappa shape index (κ2) is 24.6. The molecule has 0 fully saturated rings. The highest BCUT2D eigenvalue weighted by Crippen LogP contribution is 2.20. The van der Waals surface area contributed by atoms with Crippen LogP contribution in [0.15, 0.2) is 0 Å². The predicted octanol–water partition coefficient (Wildman–Crippen LogP) is 9.10. The molecule has 0 rings (SSSR count). The van der Waals surface area contributed by atoms with Crippen molar-refractivity contribution in [1.29, 1.82) is 0 Å². The van der Waals surface area contributed by atoms with Gasteiger partial charge in [-0.2, -0.15) is 0 Å². The molecule has 0 bridgehead atoms. The monoisotopic (exact) mass is 495 g/mol. The Balaban J connectivity index is 4.41. The average molecular weight is 496 g/mol. The molecule has 0 aliphatic heterocycles. The van der Waals surface area contributed by atoms with Crippen molar-refractivity contribution >= 4 is 11.9 Å². The van der Waals surface area contributed by atoms with Crippen LogP contribution in [-0.4, -0.2) is 36.5 Å². The predicted molar refractivity (Wildman–Crippen MR) is 151 cm³/mol. The molecule has 0 spiro atoms. The number of nitrogens with zero attached hydrogens (tertiary/aromatic N) is 1. The molecule has 2 atom stereocenters. The van der Waals surface area contributed by atoms with Gasteiger partial charge in [0.2, 0.25) is 5.91 Å². The van der Waals surface area contributed by atoms with Gasteiger partial charge in [-0.1, -0.05) is 125 Å². The number of amides is 1. The van der Waals surface area contributed by atoms with Crippen molar-refractivity contribution in [2.45, 2.75) is 157 Å². The van der Waals surface area contributed by atoms with Crippen LogP contribution < -0.4 is 0 Å². The Labute approximate surface area is 219 Å². The first-order valence-electron chi connectivity index (χ1n) is 15.4. The summed E-state index contributed by atoms with van der Waals surface area (Å²) in [4.78, 5) is 27.5. The van der Waals surface area contributed by atoms with Gasteiger partial charge in [0.15, 0.2) is 0 Å². The highest BCUT2D eigenvalue weighted by molar-refractivity contribution is 5.81. The van der Waals surface area contributed by atoms with Crippen molar-refractivity contribution in [1.82, 2.24) is 4.90 Å². The molecule has 4 heteroatoms. The summed E-state index contributed by atoms with van der Waals surface area (Å²) in [6, 6.07) is 0. The van der Waals surface area contributed by atoms with Crippen LogP contribution in [0.5, 0.6) is 0 Å². The van der Waals surface area contributed by atoms with Crippen molar-refractivity contribution in [2.24, 2.45) is 11.8 Å². The summed E-state index contributed by atoms with van der Waals surface area (Å²) in [5.41, 5.74) is 0. The maximum Gasteiger partial charge on any atom is 0.306 e. The lowest BCUT2D eigenvalue weighted by Crippen LogP contribution is -2.39. The molecule has 2 unspecified atom stereocenters. The molecular weight excluding hydrogens is 434 g/mol. The van der Waals surface area contributed by atoms with Crippen LogP contribution in [0, 0.1) is 11.8 Å². The van der Waals surface area contributed by atoms with E-state index in [1.165, 1.54) is 83.5 Å². The van der Waals surface area contributed by atoms with Gasteiger partial charge in [-0.15, -0.1) is 0 Å². The van der Waals surface area contributed by atoms with Gasteiger partial charge in [0.1, 0.15) is 0 Å². The van der Waals surface area contributed by atoms with Crippen LogP contribution >= 0.6 is 0 Å². The average Bonchev–Trinajstić information content (AvgIpc) is 2.87. The highest BCUT2D eigenvalue weighted by Gasteiger charge is 2.22. The zero-order chi connectivity index (χ0) is 26.2. The summed E-state index contributed by atoms with van der Waals surface area (Å²) in [7, 11) is 0. The maximum absolute atomic E-state index is 13.2. The Kier molecular flexibility index (Phi) is 23.9. The second-order valence-electron chi connectivity index (χ2n) is 10.7. The third kappa shape index (κ3) is 19.8. The molecule has 0 aromatic rings. The molecular formula is C31H61NO3. The molecule has 4 nitrogen and oxygen atoms in total. The number of hydrogen-bond acceptors (Lipinski definition) is 3. The summed E-state index contributed by atoms with van der Waals surface area (Å²) in [6.07, 6.45) is 21.2. The lowest BCUT2D eigenvalue weighted by Gasteiger charge is -2.31. The smallest absolute Gasteiger partial charge is 0.306 e. The van der Waals surface area contributed by atoms with Crippen LogP contribution in [-0.2, 0) is 14.3 Å². The number of carbonyl (C=O) groups is 2. The Hall–Kier alpha value is -1.06. The molecule has 0 aliphatic carbocycles. The van der Waals surface area contributed by atoms with Gasteiger partial charge in [0, 0.05) is 19.5 Å². The molecule has 0 saturated carbocycles. The van der Waals surface area contributed by atoms with E-state index in [-0.39, 0.29) is 24.7 Å². The zero-order valence-electron chi connectivity index (χ0n) is 24.4.